The highest BCUT2D eigenvalue weighted by molar-refractivity contribution is 7.47. The lowest BCUT2D eigenvalue weighted by atomic mass is 10.1. The first kappa shape index (κ1) is 95.4. The maximum absolute atomic E-state index is 12.9. The Hall–Kier alpha value is -5.61. The van der Waals surface area contributed by atoms with Crippen LogP contribution in [0, 0.1) is 0 Å². The first-order chi connectivity index (χ1) is 49.2. The lowest BCUT2D eigenvalue weighted by molar-refractivity contribution is -0.161. The number of allylic oxidation sites excluding steroid dienone is 32. The second kappa shape index (κ2) is 74.1. The number of ether oxygens (including phenoxy) is 3. The molecule has 0 aliphatic carbocycles. The predicted molar refractivity (Wildman–Crippen MR) is 417 cm³/mol. The molecule has 101 heavy (non-hydrogen) atoms. The van der Waals surface area contributed by atoms with Gasteiger partial charge in [0.25, 0.3) is 0 Å². The minimum atomic E-state index is -4.97. The highest BCUT2D eigenvalue weighted by Crippen LogP contribution is 2.45. The molecule has 0 spiro atoms. The second-order valence-corrected chi connectivity index (χ2v) is 27.2. The summed E-state index contributed by atoms with van der Waals surface area (Å²) in [5.41, 5.74) is 0. The number of rotatable bonds is 69. The van der Waals surface area contributed by atoms with Crippen molar-refractivity contribution < 1.29 is 75.8 Å². The Labute approximate surface area is 610 Å². The van der Waals surface area contributed by atoms with E-state index in [4.69, 9.17) is 32.3 Å². The van der Waals surface area contributed by atoms with Gasteiger partial charge in [-0.2, -0.15) is 0 Å². The van der Waals surface area contributed by atoms with Crippen molar-refractivity contribution in [2.75, 3.05) is 39.6 Å². The summed E-state index contributed by atoms with van der Waals surface area (Å²) < 4.78 is 61.0. The standard InChI is InChI=1S/C83H132O16P2/c1-4-7-10-13-16-19-22-25-28-31-34-36-37-38-39-41-44-45-48-51-54-57-60-63-66-69-81(86)93-72-78(84)73-95-100(89,90)96-74-79(85)75-97-101(91,92)98-77-80(99-83(88)71-68-65-62-59-56-53-50-47-42-33-30-27-24-21-18-15-12-9-6-3)76-94-82(87)70-67-64-61-58-55-52-49-46-43-40-35-32-29-26-23-20-17-14-11-8-5-2/h7-12,16-21,25-30,34-36,38-40,42,46-47,49,53,56,62,65,78-80,84-85H,4-6,13-15,22-24,31-33,37,41,43-45,48,50-52,54-55,57-61,63-64,66-77H2,1-3H3,(H,89,90)(H,91,92)/b10-7-,11-8-,12-9-,19-16-,20-17-,21-18-,28-25-,29-26-,30-27-,36-34-,39-38-,40-35-,47-42-,49-46-,56-53-,65-62-. The fraction of sp³-hybridized carbons (Fsp3) is 0.578. The minimum absolute atomic E-state index is 0.0337. The van der Waals surface area contributed by atoms with Crippen LogP contribution in [-0.2, 0) is 55.8 Å². The van der Waals surface area contributed by atoms with Gasteiger partial charge in [-0.1, -0.05) is 279 Å². The maximum Gasteiger partial charge on any atom is 0.472 e. The molecule has 0 fully saturated rings. The molecule has 0 aromatic heterocycles. The summed E-state index contributed by atoms with van der Waals surface area (Å²) >= 11 is 0. The van der Waals surface area contributed by atoms with Gasteiger partial charge in [-0.15, -0.1) is 0 Å². The van der Waals surface area contributed by atoms with E-state index in [1.807, 2.05) is 18.2 Å². The Bertz CT molecular complexity index is 2620. The number of esters is 3. The molecule has 0 rings (SSSR count). The van der Waals surface area contributed by atoms with E-state index >= 15 is 0 Å². The molecule has 570 valence electrons. The van der Waals surface area contributed by atoms with E-state index in [9.17, 15) is 43.5 Å². The predicted octanol–water partition coefficient (Wildman–Crippen LogP) is 22.0. The van der Waals surface area contributed by atoms with Gasteiger partial charge < -0.3 is 34.2 Å². The zero-order chi connectivity index (χ0) is 73.7. The number of aliphatic hydroxyl groups is 2. The fourth-order valence-corrected chi connectivity index (χ4v) is 10.8. The average molecular weight is 1450 g/mol. The summed E-state index contributed by atoms with van der Waals surface area (Å²) in [4.78, 5) is 58.6. The number of carbonyl (C=O) groups is 3. The van der Waals surface area contributed by atoms with Crippen molar-refractivity contribution in [2.45, 2.75) is 270 Å². The highest BCUT2D eigenvalue weighted by Gasteiger charge is 2.29. The van der Waals surface area contributed by atoms with Crippen molar-refractivity contribution in [3.05, 3.63) is 194 Å². The largest absolute Gasteiger partial charge is 0.472 e. The van der Waals surface area contributed by atoms with Crippen LogP contribution in [0.2, 0.25) is 0 Å². The molecule has 0 amide bonds. The molecule has 4 N–H and O–H groups in total. The van der Waals surface area contributed by atoms with Gasteiger partial charge in [-0.3, -0.25) is 32.5 Å². The first-order valence-corrected chi connectivity index (χ1v) is 40.7. The highest BCUT2D eigenvalue weighted by atomic mass is 31.2. The van der Waals surface area contributed by atoms with Gasteiger partial charge in [-0.25, -0.2) is 9.13 Å². The van der Waals surface area contributed by atoms with Gasteiger partial charge in [0.1, 0.15) is 25.4 Å². The van der Waals surface area contributed by atoms with Crippen LogP contribution in [0.1, 0.15) is 252 Å². The molecular formula is C83H132O16P2. The summed E-state index contributed by atoms with van der Waals surface area (Å²) in [6, 6.07) is 0. The van der Waals surface area contributed by atoms with E-state index in [0.29, 0.717) is 25.7 Å². The molecule has 0 bridgehead atoms. The number of carbonyl (C=O) groups excluding carboxylic acids is 3. The number of phosphoric ester groups is 2. The van der Waals surface area contributed by atoms with Gasteiger partial charge in [0.05, 0.1) is 26.4 Å². The van der Waals surface area contributed by atoms with E-state index in [0.717, 1.165) is 161 Å². The van der Waals surface area contributed by atoms with Crippen LogP contribution in [0.5, 0.6) is 0 Å². The van der Waals surface area contributed by atoms with Gasteiger partial charge in [-0.05, 0) is 148 Å². The van der Waals surface area contributed by atoms with Crippen molar-refractivity contribution in [1.29, 1.82) is 0 Å². The van der Waals surface area contributed by atoms with Crippen molar-refractivity contribution in [3.8, 4) is 0 Å². The van der Waals surface area contributed by atoms with Crippen LogP contribution < -0.4 is 0 Å². The van der Waals surface area contributed by atoms with Crippen LogP contribution in [0.25, 0.3) is 0 Å². The molecule has 0 aliphatic heterocycles. The van der Waals surface area contributed by atoms with Crippen LogP contribution in [-0.4, -0.2) is 95.9 Å². The number of hydrogen-bond donors (Lipinski definition) is 4. The van der Waals surface area contributed by atoms with Gasteiger partial charge in [0.15, 0.2) is 6.10 Å². The zero-order valence-electron chi connectivity index (χ0n) is 62.0. The Balaban J connectivity index is 4.76. The van der Waals surface area contributed by atoms with E-state index in [1.165, 1.54) is 25.7 Å². The number of hydrogen-bond acceptors (Lipinski definition) is 14. The Morgan fingerprint density at radius 1 is 0.277 bits per heavy atom. The molecule has 0 heterocycles. The third-order valence-electron chi connectivity index (χ3n) is 14.8. The van der Waals surface area contributed by atoms with Gasteiger partial charge in [0.2, 0.25) is 0 Å². The summed E-state index contributed by atoms with van der Waals surface area (Å²) in [7, 11) is -9.84. The topological polar surface area (TPSA) is 231 Å². The van der Waals surface area contributed by atoms with Crippen LogP contribution in [0.4, 0.5) is 0 Å². The van der Waals surface area contributed by atoms with E-state index in [-0.39, 0.29) is 19.3 Å². The third-order valence-corrected chi connectivity index (χ3v) is 16.7. The lowest BCUT2D eigenvalue weighted by Crippen LogP contribution is -2.29. The fourth-order valence-electron chi connectivity index (χ4n) is 9.18. The summed E-state index contributed by atoms with van der Waals surface area (Å²) in [5.74, 6) is -1.72. The second-order valence-electron chi connectivity index (χ2n) is 24.3. The molecule has 16 nitrogen and oxygen atoms in total. The monoisotopic (exact) mass is 1450 g/mol. The molecule has 0 saturated heterocycles. The normalized spacial score (nSPS) is 15.1. The van der Waals surface area contributed by atoms with Crippen molar-refractivity contribution in [1.82, 2.24) is 0 Å². The molecule has 0 aromatic carbocycles. The van der Waals surface area contributed by atoms with Crippen molar-refractivity contribution in [2.24, 2.45) is 0 Å². The smallest absolute Gasteiger partial charge is 0.463 e. The maximum atomic E-state index is 12.9. The van der Waals surface area contributed by atoms with Crippen LogP contribution in [0.3, 0.4) is 0 Å². The Kier molecular flexibility index (Phi) is 70.0. The van der Waals surface area contributed by atoms with E-state index in [2.05, 4.69) is 197 Å². The van der Waals surface area contributed by atoms with Crippen molar-refractivity contribution in [3.63, 3.8) is 0 Å². The molecular weight excluding hydrogens is 1310 g/mol. The summed E-state index contributed by atoms with van der Waals surface area (Å²) in [6.45, 7) is 2.18. The number of aliphatic hydroxyl groups excluding tert-OH is 2. The van der Waals surface area contributed by atoms with E-state index < -0.39 is 91.5 Å². The average Bonchev–Trinajstić information content (AvgIpc) is 0.976. The summed E-state index contributed by atoms with van der Waals surface area (Å²) in [6.07, 6.45) is 96.3. The number of unbranched alkanes of at least 4 members (excludes halogenated alkanes) is 14. The summed E-state index contributed by atoms with van der Waals surface area (Å²) in [5, 5.41) is 20.6. The van der Waals surface area contributed by atoms with Gasteiger partial charge >= 0.3 is 33.6 Å². The van der Waals surface area contributed by atoms with Crippen molar-refractivity contribution >= 4 is 33.6 Å². The lowest BCUT2D eigenvalue weighted by Gasteiger charge is -2.21. The Morgan fingerprint density at radius 3 is 0.822 bits per heavy atom. The molecule has 0 saturated carbocycles. The minimum Gasteiger partial charge on any atom is -0.463 e. The SMILES string of the molecule is CC/C=C\C/C=C\C/C=C\C/C=C\C/C=C\C/C=C\CCC(=O)OC(COC(=O)CCCCCCC/C=C\C/C=C\C/C=C\C/C=C\C/C=C\CC)COP(=O)(O)OCC(O)COP(=O)(O)OCC(O)COC(=O)CCCCCCCCCCC/C=C\C/C=C\C/C=C\C/C=C\C/C=C\CC. The first-order valence-electron chi connectivity index (χ1n) is 37.7. The quantitative estimate of drug-likeness (QED) is 0.0146. The molecule has 0 radical (unpaired) electrons. The Morgan fingerprint density at radius 2 is 0.515 bits per heavy atom. The molecule has 0 aromatic rings. The number of phosphoric acid groups is 2. The van der Waals surface area contributed by atoms with E-state index in [1.54, 1.807) is 0 Å². The van der Waals surface area contributed by atoms with Gasteiger partial charge in [0, 0.05) is 19.3 Å². The molecule has 18 heteroatoms. The van der Waals surface area contributed by atoms with Crippen LogP contribution >= 0.6 is 15.6 Å². The molecule has 0 aliphatic rings. The molecule has 5 unspecified atom stereocenters. The molecule has 5 atom stereocenters. The van der Waals surface area contributed by atoms with Crippen LogP contribution in [0.15, 0.2) is 194 Å². The third kappa shape index (κ3) is 75.4. The zero-order valence-corrected chi connectivity index (χ0v) is 63.8.